The number of carboxylic acids is 1. The summed E-state index contributed by atoms with van der Waals surface area (Å²) in [6.45, 7) is 4.74. The van der Waals surface area contributed by atoms with Gasteiger partial charge in [0.15, 0.2) is 0 Å². The van der Waals surface area contributed by atoms with Crippen LogP contribution in [-0.2, 0) is 22.7 Å². The number of carbonyl (C=O) groups excluding carboxylic acids is 2. The first-order chi connectivity index (χ1) is 20.3. The second kappa shape index (κ2) is 12.7. The van der Waals surface area contributed by atoms with Gasteiger partial charge in [0.05, 0.1) is 5.56 Å². The summed E-state index contributed by atoms with van der Waals surface area (Å²) in [7, 11) is 0. The minimum Gasteiger partial charge on any atom is -0.478 e. The second-order valence-corrected chi connectivity index (χ2v) is 10.8. The van der Waals surface area contributed by atoms with Crippen LogP contribution in [0.3, 0.4) is 0 Å². The van der Waals surface area contributed by atoms with Crippen molar-refractivity contribution in [3.05, 3.63) is 136 Å². The van der Waals surface area contributed by atoms with E-state index in [1.165, 1.54) is 0 Å². The van der Waals surface area contributed by atoms with Crippen molar-refractivity contribution in [1.29, 1.82) is 0 Å². The second-order valence-electron chi connectivity index (χ2n) is 10.8. The van der Waals surface area contributed by atoms with Gasteiger partial charge in [-0.1, -0.05) is 80.6 Å². The number of hydrogen-bond acceptors (Lipinski definition) is 4. The molecule has 42 heavy (non-hydrogen) atoms. The third kappa shape index (κ3) is 6.66. The van der Waals surface area contributed by atoms with E-state index in [0.717, 1.165) is 33.4 Å². The molecule has 6 heteroatoms. The van der Waals surface area contributed by atoms with Gasteiger partial charge in [0, 0.05) is 17.7 Å². The minimum absolute atomic E-state index is 0.209. The molecule has 2 atom stereocenters. The van der Waals surface area contributed by atoms with Gasteiger partial charge >= 0.3 is 11.9 Å². The standard InChI is InChI=1S/C36H33NO5/c1-23-17-32(35(39)40)20-31-19-29(15-16-33(31)24(23)2)28-9-6-10-30(18-28)34(38)37-21-25-11-13-27(14-12-25)36(41)42-22-26-7-4-3-5-8-26/h3-16,18-20,23-24H,17,21-22H2,1-2H3,(H,37,38)(H,39,40). The summed E-state index contributed by atoms with van der Waals surface area (Å²) in [5.74, 6) is -1.05. The van der Waals surface area contributed by atoms with E-state index in [2.05, 4.69) is 25.2 Å². The highest BCUT2D eigenvalue weighted by molar-refractivity contribution is 5.96. The summed E-state index contributed by atoms with van der Waals surface area (Å²) in [5, 5.41) is 12.6. The average molecular weight is 560 g/mol. The molecule has 6 nitrogen and oxygen atoms in total. The van der Waals surface area contributed by atoms with Gasteiger partial charge in [0.1, 0.15) is 6.61 Å². The molecule has 0 saturated carbocycles. The predicted octanol–water partition coefficient (Wildman–Crippen LogP) is 7.25. The van der Waals surface area contributed by atoms with Crippen molar-refractivity contribution in [3.63, 3.8) is 0 Å². The normalized spacial score (nSPS) is 16.0. The molecule has 0 aliphatic heterocycles. The van der Waals surface area contributed by atoms with Gasteiger partial charge < -0.3 is 15.2 Å². The number of ether oxygens (including phenoxy) is 1. The van der Waals surface area contributed by atoms with E-state index in [4.69, 9.17) is 4.74 Å². The van der Waals surface area contributed by atoms with Crippen LogP contribution in [-0.4, -0.2) is 23.0 Å². The van der Waals surface area contributed by atoms with E-state index >= 15 is 0 Å². The largest absolute Gasteiger partial charge is 0.478 e. The highest BCUT2D eigenvalue weighted by atomic mass is 16.5. The summed E-state index contributed by atoms with van der Waals surface area (Å²) in [4.78, 5) is 37.2. The Labute approximate surface area is 245 Å². The van der Waals surface area contributed by atoms with Crippen molar-refractivity contribution in [2.24, 2.45) is 5.92 Å². The Balaban J connectivity index is 1.24. The molecule has 5 rings (SSSR count). The number of benzene rings is 4. The molecule has 2 N–H and O–H groups in total. The van der Waals surface area contributed by atoms with Crippen molar-refractivity contribution in [3.8, 4) is 11.1 Å². The van der Waals surface area contributed by atoms with E-state index < -0.39 is 11.9 Å². The lowest BCUT2D eigenvalue weighted by Crippen LogP contribution is -2.22. The van der Waals surface area contributed by atoms with E-state index in [1.807, 2.05) is 60.7 Å². The Morgan fingerprint density at radius 1 is 0.810 bits per heavy atom. The van der Waals surface area contributed by atoms with Gasteiger partial charge in [-0.05, 0) is 88.0 Å². The van der Waals surface area contributed by atoms with Crippen LogP contribution in [0.25, 0.3) is 17.2 Å². The summed E-state index contributed by atoms with van der Waals surface area (Å²) < 4.78 is 5.38. The fourth-order valence-corrected chi connectivity index (χ4v) is 5.21. The molecule has 1 aliphatic rings. The summed E-state index contributed by atoms with van der Waals surface area (Å²) in [6, 6.07) is 30.0. The van der Waals surface area contributed by atoms with Crippen LogP contribution in [0.1, 0.15) is 69.2 Å². The van der Waals surface area contributed by atoms with E-state index in [9.17, 15) is 19.5 Å². The molecule has 0 heterocycles. The van der Waals surface area contributed by atoms with Crippen molar-refractivity contribution in [1.82, 2.24) is 5.32 Å². The van der Waals surface area contributed by atoms with Gasteiger partial charge in [-0.2, -0.15) is 0 Å². The third-order valence-corrected chi connectivity index (χ3v) is 7.89. The molecular weight excluding hydrogens is 526 g/mol. The maximum absolute atomic E-state index is 13.0. The number of carboxylic acid groups (broad SMARTS) is 1. The van der Waals surface area contributed by atoms with Crippen LogP contribution in [0.15, 0.2) is 103 Å². The first kappa shape index (κ1) is 28.6. The van der Waals surface area contributed by atoms with Gasteiger partial charge in [-0.25, -0.2) is 9.59 Å². The number of hydrogen-bond donors (Lipinski definition) is 2. The maximum Gasteiger partial charge on any atom is 0.338 e. The molecule has 0 radical (unpaired) electrons. The molecule has 1 amide bonds. The smallest absolute Gasteiger partial charge is 0.338 e. The van der Waals surface area contributed by atoms with Crippen LogP contribution < -0.4 is 5.32 Å². The Hall–Kier alpha value is -4.97. The zero-order valence-electron chi connectivity index (χ0n) is 23.7. The molecule has 2 unspecified atom stereocenters. The number of carbonyl (C=O) groups is 3. The number of esters is 1. The van der Waals surface area contributed by atoms with Crippen molar-refractivity contribution in [2.75, 3.05) is 0 Å². The van der Waals surface area contributed by atoms with Crippen LogP contribution in [0.2, 0.25) is 0 Å². The monoisotopic (exact) mass is 559 g/mol. The Bertz CT molecular complexity index is 1640. The molecule has 0 bridgehead atoms. The molecule has 0 fully saturated rings. The van der Waals surface area contributed by atoms with Crippen LogP contribution >= 0.6 is 0 Å². The zero-order chi connectivity index (χ0) is 29.6. The Morgan fingerprint density at radius 2 is 1.55 bits per heavy atom. The van der Waals surface area contributed by atoms with Crippen LogP contribution in [0, 0.1) is 5.92 Å². The molecular formula is C36H33NO5. The van der Waals surface area contributed by atoms with Crippen molar-refractivity contribution >= 4 is 23.9 Å². The van der Waals surface area contributed by atoms with Gasteiger partial charge in [0.25, 0.3) is 5.91 Å². The maximum atomic E-state index is 13.0. The first-order valence-corrected chi connectivity index (χ1v) is 14.0. The average Bonchev–Trinajstić information content (AvgIpc) is 3.14. The number of rotatable bonds is 8. The van der Waals surface area contributed by atoms with E-state index in [0.29, 0.717) is 29.7 Å². The number of nitrogens with one attached hydrogen (secondary N) is 1. The van der Waals surface area contributed by atoms with Crippen LogP contribution in [0.4, 0.5) is 0 Å². The lowest BCUT2D eigenvalue weighted by atomic mass is 9.85. The Morgan fingerprint density at radius 3 is 2.29 bits per heavy atom. The summed E-state index contributed by atoms with van der Waals surface area (Å²) >= 11 is 0. The SMILES string of the molecule is CC1CC(C(=O)O)=Cc2cc(-c3cccc(C(=O)NCc4ccc(C(=O)OCc5ccccc5)cc4)c3)ccc2C1C. The summed E-state index contributed by atoms with van der Waals surface area (Å²) in [5.41, 5.74) is 6.99. The Kier molecular flexibility index (Phi) is 8.63. The molecule has 1 aliphatic carbocycles. The predicted molar refractivity (Wildman–Crippen MR) is 163 cm³/mol. The highest BCUT2D eigenvalue weighted by Crippen LogP contribution is 2.37. The van der Waals surface area contributed by atoms with Gasteiger partial charge in [-0.3, -0.25) is 4.79 Å². The van der Waals surface area contributed by atoms with Gasteiger partial charge in [0.2, 0.25) is 0 Å². The van der Waals surface area contributed by atoms with Crippen molar-refractivity contribution < 1.29 is 24.2 Å². The zero-order valence-corrected chi connectivity index (χ0v) is 23.7. The molecule has 212 valence electrons. The molecule has 0 spiro atoms. The molecule has 0 saturated heterocycles. The first-order valence-electron chi connectivity index (χ1n) is 14.0. The quantitative estimate of drug-likeness (QED) is 0.222. The summed E-state index contributed by atoms with van der Waals surface area (Å²) in [6.07, 6.45) is 2.31. The number of aliphatic carboxylic acids is 1. The molecule has 4 aromatic rings. The highest BCUT2D eigenvalue weighted by Gasteiger charge is 2.25. The fraction of sp³-hybridized carbons (Fsp3) is 0.194. The lowest BCUT2D eigenvalue weighted by Gasteiger charge is -2.20. The third-order valence-electron chi connectivity index (χ3n) is 7.89. The van der Waals surface area contributed by atoms with E-state index in [1.54, 1.807) is 36.4 Å². The number of fused-ring (bicyclic) bond motifs is 1. The number of amides is 1. The lowest BCUT2D eigenvalue weighted by molar-refractivity contribution is -0.132. The van der Waals surface area contributed by atoms with E-state index in [-0.39, 0.29) is 24.3 Å². The topological polar surface area (TPSA) is 92.7 Å². The molecule has 0 aromatic heterocycles. The van der Waals surface area contributed by atoms with Crippen molar-refractivity contribution in [2.45, 2.75) is 39.3 Å². The van der Waals surface area contributed by atoms with Crippen LogP contribution in [0.5, 0.6) is 0 Å². The minimum atomic E-state index is -0.886. The fourth-order valence-electron chi connectivity index (χ4n) is 5.21. The molecule has 4 aromatic carbocycles. The van der Waals surface area contributed by atoms with Gasteiger partial charge in [-0.15, -0.1) is 0 Å².